The summed E-state index contributed by atoms with van der Waals surface area (Å²) in [6.45, 7) is 4.24. The Morgan fingerprint density at radius 2 is 1.38 bits per heavy atom. The van der Waals surface area contributed by atoms with Crippen molar-refractivity contribution in [2.75, 3.05) is 5.73 Å². The van der Waals surface area contributed by atoms with Gasteiger partial charge in [-0.25, -0.2) is 4.98 Å². The molecule has 0 atom stereocenters. The topological polar surface area (TPSA) is 38.9 Å². The number of hydrogen-bond donors (Lipinski definition) is 1. The summed E-state index contributed by atoms with van der Waals surface area (Å²) in [5.41, 5.74) is 17.5. The lowest BCUT2D eigenvalue weighted by Gasteiger charge is -2.20. The van der Waals surface area contributed by atoms with Gasteiger partial charge in [0.25, 0.3) is 0 Å². The van der Waals surface area contributed by atoms with Crippen LogP contribution in [0.15, 0.2) is 97.1 Å². The molecule has 1 heterocycles. The first-order valence-corrected chi connectivity index (χ1v) is 11.0. The summed E-state index contributed by atoms with van der Waals surface area (Å²) in [7, 11) is 0. The zero-order valence-electron chi connectivity index (χ0n) is 18.5. The van der Waals surface area contributed by atoms with E-state index in [-0.39, 0.29) is 0 Å². The predicted octanol–water partition coefficient (Wildman–Crippen LogP) is 7.36. The molecule has 0 aliphatic carbocycles. The van der Waals surface area contributed by atoms with Gasteiger partial charge in [-0.05, 0) is 61.2 Å². The third kappa shape index (κ3) is 3.76. The van der Waals surface area contributed by atoms with Crippen LogP contribution in [-0.2, 0) is 6.42 Å². The average molecular weight is 415 g/mol. The lowest BCUT2D eigenvalue weighted by atomic mass is 9.87. The fourth-order valence-corrected chi connectivity index (χ4v) is 4.41. The van der Waals surface area contributed by atoms with Crippen LogP contribution in [0.25, 0.3) is 33.3 Å². The second kappa shape index (κ2) is 8.32. The Bertz CT molecular complexity index is 1400. The molecular weight excluding hydrogens is 388 g/mol. The molecule has 2 nitrogen and oxygen atoms in total. The van der Waals surface area contributed by atoms with E-state index < -0.39 is 0 Å². The molecule has 5 rings (SSSR count). The number of aryl methyl sites for hydroxylation is 2. The monoisotopic (exact) mass is 414 g/mol. The van der Waals surface area contributed by atoms with Gasteiger partial charge in [-0.3, -0.25) is 0 Å². The Morgan fingerprint density at radius 3 is 2.12 bits per heavy atom. The van der Waals surface area contributed by atoms with Crippen molar-refractivity contribution in [1.82, 2.24) is 4.98 Å². The van der Waals surface area contributed by atoms with E-state index in [0.717, 1.165) is 40.0 Å². The molecule has 0 bridgehead atoms. The summed E-state index contributed by atoms with van der Waals surface area (Å²) in [6, 6.07) is 33.9. The van der Waals surface area contributed by atoms with Crippen LogP contribution in [0.4, 0.5) is 5.69 Å². The summed E-state index contributed by atoms with van der Waals surface area (Å²) in [5, 5.41) is 1.20. The van der Waals surface area contributed by atoms with Crippen molar-refractivity contribution in [3.05, 3.63) is 119 Å². The zero-order valence-corrected chi connectivity index (χ0v) is 18.5. The highest BCUT2D eigenvalue weighted by Gasteiger charge is 2.20. The van der Waals surface area contributed by atoms with Crippen LogP contribution in [-0.4, -0.2) is 4.98 Å². The van der Waals surface area contributed by atoms with E-state index in [4.69, 9.17) is 10.7 Å². The van der Waals surface area contributed by atoms with Crippen LogP contribution >= 0.6 is 0 Å². The third-order valence-corrected chi connectivity index (χ3v) is 6.00. The molecule has 32 heavy (non-hydrogen) atoms. The SMILES string of the molecule is Cc1ccc(N)c(-c2nc3ccc(C)cc3c(Cc3ccccc3)c2-c2ccccc2)c1. The maximum absolute atomic E-state index is 6.50. The van der Waals surface area contributed by atoms with Crippen LogP contribution in [0.1, 0.15) is 22.3 Å². The first kappa shape index (κ1) is 20.0. The number of nitrogen functional groups attached to an aromatic ring is 1. The number of benzene rings is 4. The number of nitrogens with zero attached hydrogens (tertiary/aromatic N) is 1. The van der Waals surface area contributed by atoms with E-state index in [1.54, 1.807) is 0 Å². The standard InChI is InChI=1S/C30H26N2/c1-20-13-15-27(31)26(18-20)30-29(23-11-7-4-8-12-23)25(19-22-9-5-3-6-10-22)24-17-21(2)14-16-28(24)32-30/h3-18H,19,31H2,1-2H3. The molecule has 0 spiro atoms. The van der Waals surface area contributed by atoms with E-state index in [1.807, 2.05) is 6.07 Å². The summed E-state index contributed by atoms with van der Waals surface area (Å²) in [4.78, 5) is 5.19. The molecular formula is C30H26N2. The minimum Gasteiger partial charge on any atom is -0.398 e. The van der Waals surface area contributed by atoms with Crippen molar-refractivity contribution in [3.8, 4) is 22.4 Å². The predicted molar refractivity (Wildman–Crippen MR) is 136 cm³/mol. The van der Waals surface area contributed by atoms with Gasteiger partial charge < -0.3 is 5.73 Å². The Balaban J connectivity index is 1.91. The molecule has 1 aromatic heterocycles. The van der Waals surface area contributed by atoms with Gasteiger partial charge in [0.05, 0.1) is 11.2 Å². The first-order chi connectivity index (χ1) is 15.6. The number of hydrogen-bond acceptors (Lipinski definition) is 2. The number of pyridine rings is 1. The van der Waals surface area contributed by atoms with Gasteiger partial charge in [-0.15, -0.1) is 0 Å². The van der Waals surface area contributed by atoms with Crippen molar-refractivity contribution < 1.29 is 0 Å². The molecule has 0 fully saturated rings. The summed E-state index contributed by atoms with van der Waals surface area (Å²) < 4.78 is 0. The van der Waals surface area contributed by atoms with Gasteiger partial charge in [0.15, 0.2) is 0 Å². The molecule has 2 heteroatoms. The Labute approximate surface area is 189 Å². The number of anilines is 1. The van der Waals surface area contributed by atoms with Gasteiger partial charge in [0, 0.05) is 22.2 Å². The highest BCUT2D eigenvalue weighted by molar-refractivity contribution is 5.98. The van der Waals surface area contributed by atoms with E-state index in [9.17, 15) is 0 Å². The quantitative estimate of drug-likeness (QED) is 0.312. The molecule has 0 aliphatic heterocycles. The normalized spacial score (nSPS) is 11.1. The van der Waals surface area contributed by atoms with Crippen LogP contribution in [0.2, 0.25) is 0 Å². The number of fused-ring (bicyclic) bond motifs is 1. The van der Waals surface area contributed by atoms with E-state index in [2.05, 4.69) is 105 Å². The van der Waals surface area contributed by atoms with Crippen molar-refractivity contribution in [2.24, 2.45) is 0 Å². The Kier molecular flexibility index (Phi) is 5.20. The summed E-state index contributed by atoms with van der Waals surface area (Å²) in [5.74, 6) is 0. The van der Waals surface area contributed by atoms with Crippen LogP contribution in [0.3, 0.4) is 0 Å². The minimum absolute atomic E-state index is 0.748. The molecule has 4 aromatic carbocycles. The molecule has 0 saturated carbocycles. The Morgan fingerprint density at radius 1 is 0.719 bits per heavy atom. The maximum atomic E-state index is 6.50. The molecule has 2 N–H and O–H groups in total. The summed E-state index contributed by atoms with van der Waals surface area (Å²) >= 11 is 0. The van der Waals surface area contributed by atoms with Crippen molar-refractivity contribution in [1.29, 1.82) is 0 Å². The van der Waals surface area contributed by atoms with Crippen LogP contribution in [0, 0.1) is 13.8 Å². The molecule has 156 valence electrons. The van der Waals surface area contributed by atoms with Crippen LogP contribution < -0.4 is 5.73 Å². The van der Waals surface area contributed by atoms with Crippen molar-refractivity contribution in [2.45, 2.75) is 20.3 Å². The van der Waals surface area contributed by atoms with E-state index in [0.29, 0.717) is 0 Å². The zero-order chi connectivity index (χ0) is 22.1. The highest BCUT2D eigenvalue weighted by atomic mass is 14.7. The molecule has 0 unspecified atom stereocenters. The molecule has 5 aromatic rings. The molecule has 0 aliphatic rings. The van der Waals surface area contributed by atoms with E-state index in [1.165, 1.54) is 27.6 Å². The van der Waals surface area contributed by atoms with Gasteiger partial charge in [0.1, 0.15) is 0 Å². The number of aromatic nitrogens is 1. The fraction of sp³-hybridized carbons (Fsp3) is 0.100. The lowest BCUT2D eigenvalue weighted by molar-refractivity contribution is 1.20. The number of rotatable bonds is 4. The third-order valence-electron chi connectivity index (χ3n) is 6.00. The van der Waals surface area contributed by atoms with Crippen molar-refractivity contribution >= 4 is 16.6 Å². The Hall–Kier alpha value is -3.91. The van der Waals surface area contributed by atoms with Gasteiger partial charge in [-0.2, -0.15) is 0 Å². The smallest absolute Gasteiger partial charge is 0.0811 e. The molecule has 0 radical (unpaired) electrons. The highest BCUT2D eigenvalue weighted by Crippen LogP contribution is 2.40. The first-order valence-electron chi connectivity index (χ1n) is 11.0. The molecule has 0 saturated heterocycles. The second-order valence-electron chi connectivity index (χ2n) is 8.45. The van der Waals surface area contributed by atoms with Gasteiger partial charge in [-0.1, -0.05) is 83.9 Å². The van der Waals surface area contributed by atoms with Gasteiger partial charge in [0.2, 0.25) is 0 Å². The van der Waals surface area contributed by atoms with E-state index >= 15 is 0 Å². The fourth-order valence-electron chi connectivity index (χ4n) is 4.41. The lowest BCUT2D eigenvalue weighted by Crippen LogP contribution is -2.02. The molecule has 0 amide bonds. The van der Waals surface area contributed by atoms with Crippen molar-refractivity contribution in [3.63, 3.8) is 0 Å². The maximum Gasteiger partial charge on any atom is 0.0811 e. The van der Waals surface area contributed by atoms with Crippen LogP contribution in [0.5, 0.6) is 0 Å². The van der Waals surface area contributed by atoms with Gasteiger partial charge >= 0.3 is 0 Å². The largest absolute Gasteiger partial charge is 0.398 e. The number of nitrogens with two attached hydrogens (primary N) is 1. The minimum atomic E-state index is 0.748. The summed E-state index contributed by atoms with van der Waals surface area (Å²) in [6.07, 6.45) is 0.826. The second-order valence-corrected chi connectivity index (χ2v) is 8.45. The average Bonchev–Trinajstić information content (AvgIpc) is 2.82.